The number of alkyl halides is 5. The molecule has 0 aliphatic carbocycles. The molecule has 5 N–H and O–H groups in total. The summed E-state index contributed by atoms with van der Waals surface area (Å²) in [5.41, 5.74) is -0.884. The molecule has 7 nitrogen and oxygen atoms in total. The van der Waals surface area contributed by atoms with Gasteiger partial charge in [-0.25, -0.2) is 0 Å². The van der Waals surface area contributed by atoms with Gasteiger partial charge in [-0.15, -0.1) is 0 Å². The van der Waals surface area contributed by atoms with Gasteiger partial charge in [0.15, 0.2) is 0 Å². The lowest BCUT2D eigenvalue weighted by Gasteiger charge is -2.45. The molecule has 1 fully saturated rings. The topological polar surface area (TPSA) is 134 Å². The monoisotopic (exact) mass is 489 g/mol. The fraction of sp³-hybridized carbons (Fsp3) is 0.409. The summed E-state index contributed by atoms with van der Waals surface area (Å²) >= 11 is 0. The molecule has 5 atom stereocenters. The van der Waals surface area contributed by atoms with Crippen LogP contribution in [0, 0.1) is 11.3 Å². The molecule has 3 rings (SSSR count). The number of nitriles is 1. The highest BCUT2D eigenvalue weighted by Crippen LogP contribution is 2.44. The van der Waals surface area contributed by atoms with Crippen LogP contribution in [0.25, 0.3) is 0 Å². The average Bonchev–Trinajstić information content (AvgIpc) is 2.79. The van der Waals surface area contributed by atoms with E-state index in [0.717, 1.165) is 12.1 Å². The molecular weight excluding hydrogens is 469 g/mol. The number of hydrogen-bond donors (Lipinski definition) is 5. The van der Waals surface area contributed by atoms with Gasteiger partial charge in [0.2, 0.25) is 5.79 Å². The minimum Gasteiger partial charge on any atom is -0.394 e. The van der Waals surface area contributed by atoms with Crippen molar-refractivity contribution in [2.45, 2.75) is 48.7 Å². The van der Waals surface area contributed by atoms with Gasteiger partial charge in [0, 0.05) is 11.1 Å². The van der Waals surface area contributed by atoms with Crippen molar-refractivity contribution in [3.63, 3.8) is 0 Å². The number of hydrogen-bond acceptors (Lipinski definition) is 7. The van der Waals surface area contributed by atoms with E-state index in [4.69, 9.17) is 4.74 Å². The maximum absolute atomic E-state index is 13.5. The molecule has 0 radical (unpaired) electrons. The second kappa shape index (κ2) is 9.18. The van der Waals surface area contributed by atoms with E-state index in [1.807, 2.05) is 6.07 Å². The van der Waals surface area contributed by atoms with E-state index in [-0.39, 0.29) is 28.7 Å². The molecule has 184 valence electrons. The Bertz CT molecular complexity index is 1070. The molecule has 1 saturated heterocycles. The van der Waals surface area contributed by atoms with Gasteiger partial charge < -0.3 is 30.3 Å². The Morgan fingerprint density at radius 1 is 0.971 bits per heavy atom. The summed E-state index contributed by atoms with van der Waals surface area (Å²) in [6.45, 7) is -0.800. The molecule has 2 aromatic carbocycles. The van der Waals surface area contributed by atoms with E-state index in [9.17, 15) is 52.7 Å². The van der Waals surface area contributed by atoms with E-state index in [2.05, 4.69) is 0 Å². The first kappa shape index (κ1) is 26.0. The van der Waals surface area contributed by atoms with Gasteiger partial charge in [-0.2, -0.15) is 27.2 Å². The molecule has 0 aromatic heterocycles. The SMILES string of the molecule is N#Cc1ccc([C@]2(O)O[C@H](CO)[C@@H](O)[C@H](O)[C@H]2O)cc1Cc1ccc(C(F)(F)C(F)(F)F)cc1. The molecule has 1 aliphatic rings. The number of benzene rings is 2. The number of nitrogens with zero attached hydrogens (tertiary/aromatic N) is 1. The van der Waals surface area contributed by atoms with E-state index in [1.165, 1.54) is 18.2 Å². The lowest BCUT2D eigenvalue weighted by molar-refractivity contribution is -0.357. The lowest BCUT2D eigenvalue weighted by Crippen LogP contribution is -2.63. The zero-order valence-electron chi connectivity index (χ0n) is 17.2. The van der Waals surface area contributed by atoms with E-state index in [0.29, 0.717) is 12.1 Å². The standard InChI is InChI=1S/C22H20F5NO6/c23-21(24,22(25,26)27)14-4-1-11(2-5-14)7-13-8-15(6-3-12(13)9-28)20(33)19(32)18(31)17(30)16(10-29)34-20/h1-6,8,16-19,29-33H,7,10H2/t16-,17-,18+,19-,20+/m1/s1. The molecule has 1 heterocycles. The maximum Gasteiger partial charge on any atom is 0.458 e. The second-order valence-electron chi connectivity index (χ2n) is 7.89. The van der Waals surface area contributed by atoms with Gasteiger partial charge in [0.05, 0.1) is 18.2 Å². The minimum atomic E-state index is -5.77. The summed E-state index contributed by atoms with van der Waals surface area (Å²) in [6, 6.07) is 8.85. The van der Waals surface area contributed by atoms with Crippen LogP contribution in [0.2, 0.25) is 0 Å². The van der Waals surface area contributed by atoms with Crippen molar-refractivity contribution < 1.29 is 52.2 Å². The van der Waals surface area contributed by atoms with Crippen LogP contribution in [0.1, 0.15) is 27.8 Å². The fourth-order valence-electron chi connectivity index (χ4n) is 3.68. The predicted octanol–water partition coefficient (Wildman–Crippen LogP) is 1.42. The first-order valence-corrected chi connectivity index (χ1v) is 9.89. The van der Waals surface area contributed by atoms with E-state index < -0.39 is 54.5 Å². The molecule has 2 aromatic rings. The van der Waals surface area contributed by atoms with Crippen LogP contribution >= 0.6 is 0 Å². The molecule has 34 heavy (non-hydrogen) atoms. The average molecular weight is 489 g/mol. The summed E-state index contributed by atoms with van der Waals surface area (Å²) in [5.74, 6) is -7.64. The Hall–Kier alpha value is -2.66. The van der Waals surface area contributed by atoms with Gasteiger partial charge in [-0.3, -0.25) is 0 Å². The zero-order chi connectivity index (χ0) is 25.5. The normalized spacial score (nSPS) is 27.9. The third kappa shape index (κ3) is 4.50. The van der Waals surface area contributed by atoms with Crippen LogP contribution in [0.3, 0.4) is 0 Å². The lowest BCUT2D eigenvalue weighted by atomic mass is 9.86. The second-order valence-corrected chi connectivity index (χ2v) is 7.89. The fourth-order valence-corrected chi connectivity index (χ4v) is 3.68. The van der Waals surface area contributed by atoms with Crippen LogP contribution in [0.4, 0.5) is 22.0 Å². The quantitative estimate of drug-likeness (QED) is 0.401. The number of ether oxygens (including phenoxy) is 1. The minimum absolute atomic E-state index is 0.0710. The summed E-state index contributed by atoms with van der Waals surface area (Å²) in [4.78, 5) is 0. The van der Waals surface area contributed by atoms with Gasteiger partial charge in [0.25, 0.3) is 0 Å². The summed E-state index contributed by atoms with van der Waals surface area (Å²) in [5, 5.41) is 59.9. The Morgan fingerprint density at radius 3 is 2.12 bits per heavy atom. The van der Waals surface area contributed by atoms with Crippen molar-refractivity contribution in [3.8, 4) is 6.07 Å². The highest BCUT2D eigenvalue weighted by atomic mass is 19.4. The van der Waals surface area contributed by atoms with E-state index >= 15 is 0 Å². The molecule has 0 saturated carbocycles. The van der Waals surface area contributed by atoms with Crippen LogP contribution in [-0.2, 0) is 22.9 Å². The Morgan fingerprint density at radius 2 is 1.59 bits per heavy atom. The molecule has 12 heteroatoms. The van der Waals surface area contributed by atoms with Gasteiger partial charge in [-0.05, 0) is 29.7 Å². The third-order valence-corrected chi connectivity index (χ3v) is 5.67. The molecule has 1 aliphatic heterocycles. The first-order valence-electron chi connectivity index (χ1n) is 9.89. The largest absolute Gasteiger partial charge is 0.458 e. The van der Waals surface area contributed by atoms with Gasteiger partial charge in [-0.1, -0.05) is 30.3 Å². The third-order valence-electron chi connectivity index (χ3n) is 5.67. The predicted molar refractivity (Wildman–Crippen MR) is 104 cm³/mol. The van der Waals surface area contributed by atoms with Crippen LogP contribution in [0.5, 0.6) is 0 Å². The smallest absolute Gasteiger partial charge is 0.394 e. The van der Waals surface area contributed by atoms with Crippen molar-refractivity contribution in [1.29, 1.82) is 5.26 Å². The maximum atomic E-state index is 13.5. The first-order chi connectivity index (χ1) is 15.8. The van der Waals surface area contributed by atoms with Gasteiger partial charge in [0.1, 0.15) is 24.4 Å². The highest BCUT2D eigenvalue weighted by Gasteiger charge is 2.58. The summed E-state index contributed by atoms with van der Waals surface area (Å²) < 4.78 is 70.0. The van der Waals surface area contributed by atoms with Crippen molar-refractivity contribution >= 4 is 0 Å². The summed E-state index contributed by atoms with van der Waals surface area (Å²) in [6.07, 6.45) is -13.0. The number of halogens is 5. The number of aliphatic hydroxyl groups is 5. The van der Waals surface area contributed by atoms with Crippen LogP contribution in [0.15, 0.2) is 42.5 Å². The molecule has 0 bridgehead atoms. The van der Waals surface area contributed by atoms with Crippen molar-refractivity contribution in [1.82, 2.24) is 0 Å². The highest BCUT2D eigenvalue weighted by molar-refractivity contribution is 5.45. The Balaban J connectivity index is 1.95. The molecule has 0 unspecified atom stereocenters. The Labute approximate surface area is 189 Å². The zero-order valence-corrected chi connectivity index (χ0v) is 17.2. The van der Waals surface area contributed by atoms with E-state index in [1.54, 1.807) is 0 Å². The number of rotatable bonds is 5. The van der Waals surface area contributed by atoms with Crippen molar-refractivity contribution in [2.75, 3.05) is 6.61 Å². The van der Waals surface area contributed by atoms with Gasteiger partial charge >= 0.3 is 12.1 Å². The summed E-state index contributed by atoms with van der Waals surface area (Å²) in [7, 11) is 0. The molecular formula is C22H20F5NO6. The van der Waals surface area contributed by atoms with Crippen molar-refractivity contribution in [2.24, 2.45) is 0 Å². The molecule has 0 amide bonds. The van der Waals surface area contributed by atoms with Crippen molar-refractivity contribution in [3.05, 3.63) is 70.3 Å². The van der Waals surface area contributed by atoms with Crippen LogP contribution in [-0.4, -0.2) is 62.7 Å². The molecule has 0 spiro atoms. The Kier molecular flexibility index (Phi) is 7.01. The number of aliphatic hydroxyl groups excluding tert-OH is 4. The van der Waals surface area contributed by atoms with Crippen LogP contribution < -0.4 is 0 Å².